The lowest BCUT2D eigenvalue weighted by atomic mass is 9.77. The van der Waals surface area contributed by atoms with Gasteiger partial charge in [-0.2, -0.15) is 0 Å². The molecule has 6 heterocycles. The number of alkyl halides is 2. The van der Waals surface area contributed by atoms with E-state index in [9.17, 15) is 55.9 Å². The highest BCUT2D eigenvalue weighted by atomic mass is 35.5. The number of sulfonamides is 1. The molecule has 14 rings (SSSR count). The van der Waals surface area contributed by atoms with Crippen molar-refractivity contribution in [1.82, 2.24) is 34.5 Å². The molecule has 4 bridgehead atoms. The van der Waals surface area contributed by atoms with Gasteiger partial charge >= 0.3 is 17.9 Å². The van der Waals surface area contributed by atoms with E-state index in [0.29, 0.717) is 93.4 Å². The molecule has 548 valence electrons. The Balaban J connectivity index is 0.000000189. The lowest BCUT2D eigenvalue weighted by molar-refractivity contribution is -0.160. The van der Waals surface area contributed by atoms with Crippen molar-refractivity contribution in [3.63, 3.8) is 0 Å². The maximum atomic E-state index is 14.9. The van der Waals surface area contributed by atoms with Gasteiger partial charge in [0.2, 0.25) is 45.9 Å². The van der Waals surface area contributed by atoms with Crippen molar-refractivity contribution in [2.24, 2.45) is 81.3 Å². The quantitative estimate of drug-likeness (QED) is 0.155. The predicted molar refractivity (Wildman–Crippen MR) is 370 cm³/mol. The number of carboxylic acid groups (broad SMARTS) is 1. The normalized spacial score (nSPS) is 33.9. The molecular weight excluding hydrogens is 1360 g/mol. The summed E-state index contributed by atoms with van der Waals surface area (Å²) in [5.41, 5.74) is 0.465. The molecule has 3 amide bonds. The molecule has 26 heteroatoms. The number of Topliss-reactive ketones (excluding diaryl/α,β-unsaturated/α-hetero) is 1. The predicted octanol–water partition coefficient (Wildman–Crippen LogP) is 12.2. The highest BCUT2D eigenvalue weighted by molar-refractivity contribution is 7.91. The minimum Gasteiger partial charge on any atom is -0.480 e. The van der Waals surface area contributed by atoms with Gasteiger partial charge < -0.3 is 33.9 Å². The Bertz CT molecular complexity index is 4040. The largest absolute Gasteiger partial charge is 0.480 e. The Morgan fingerprint density at radius 1 is 0.614 bits per heavy atom. The summed E-state index contributed by atoms with van der Waals surface area (Å²) in [6.07, 6.45) is 7.38. The summed E-state index contributed by atoms with van der Waals surface area (Å²) in [5, 5.41) is 10.5. The van der Waals surface area contributed by atoms with Gasteiger partial charge in [-0.15, -0.1) is 0 Å². The first kappa shape index (κ1) is 72.9. The second-order valence-electron chi connectivity index (χ2n) is 33.2. The fourth-order valence-corrected chi connectivity index (χ4v) is 19.5. The number of amides is 3. The average molecular weight is 1460 g/mol. The van der Waals surface area contributed by atoms with Crippen LogP contribution in [0.5, 0.6) is 11.8 Å². The summed E-state index contributed by atoms with van der Waals surface area (Å²) in [4.78, 5) is 119. The first-order valence-electron chi connectivity index (χ1n) is 36.6. The van der Waals surface area contributed by atoms with E-state index in [4.69, 9.17) is 62.1 Å². The molecule has 0 radical (unpaired) electrons. The lowest BCUT2D eigenvalue weighted by Gasteiger charge is -2.35. The summed E-state index contributed by atoms with van der Waals surface area (Å²) in [6, 6.07) is 8.22. The van der Waals surface area contributed by atoms with Gasteiger partial charge in [0.1, 0.15) is 41.8 Å². The Kier molecular flexibility index (Phi) is 20.4. The van der Waals surface area contributed by atoms with Gasteiger partial charge in [-0.3, -0.25) is 33.5 Å². The lowest BCUT2D eigenvalue weighted by Crippen LogP contribution is -2.50. The van der Waals surface area contributed by atoms with Crippen LogP contribution in [-0.4, -0.2) is 146 Å². The summed E-state index contributed by atoms with van der Waals surface area (Å²) in [6.45, 7) is 14.7. The van der Waals surface area contributed by atoms with Crippen molar-refractivity contribution in [1.29, 1.82) is 0 Å². The number of rotatable bonds is 8. The highest BCUT2D eigenvalue weighted by Gasteiger charge is 2.67. The summed E-state index contributed by atoms with van der Waals surface area (Å²) >= 11 is 12.6. The van der Waals surface area contributed by atoms with Crippen molar-refractivity contribution in [3.05, 3.63) is 57.8 Å². The fourth-order valence-electron chi connectivity index (χ4n) is 17.8. The number of halogens is 4. The van der Waals surface area contributed by atoms with Gasteiger partial charge in [-0.25, -0.2) is 41.9 Å². The fraction of sp³-hybridized carbons (Fsp3) is 0.693. The molecule has 21 nitrogen and oxygen atoms in total. The molecule has 8 fully saturated rings. The molecule has 6 aliphatic carbocycles. The van der Waals surface area contributed by atoms with Crippen molar-refractivity contribution in [2.75, 3.05) is 13.1 Å². The number of carboxylic acids is 1. The van der Waals surface area contributed by atoms with Crippen molar-refractivity contribution >= 4 is 96.7 Å². The molecule has 10 aliphatic rings. The first-order chi connectivity index (χ1) is 47.8. The smallest absolute Gasteiger partial charge is 0.326 e. The summed E-state index contributed by atoms with van der Waals surface area (Å²) < 4.78 is 81.6. The average Bonchev–Trinajstić information content (AvgIpc) is 1.57. The minimum atomic E-state index is -4.09. The van der Waals surface area contributed by atoms with Crippen LogP contribution in [0.25, 0.3) is 22.1 Å². The third-order valence-corrected chi connectivity index (χ3v) is 26.4. The number of nitrogens with zero attached hydrogens (tertiary/aromatic N) is 6. The molecule has 4 aromatic rings. The Labute approximate surface area is 598 Å². The molecule has 18 atom stereocenters. The van der Waals surface area contributed by atoms with Crippen LogP contribution in [0.15, 0.2) is 36.4 Å². The Morgan fingerprint density at radius 2 is 1.07 bits per heavy atom. The number of hydrogen-bond acceptors (Lipinski definition) is 17. The topological polar surface area (TPSA) is 281 Å². The number of esters is 2. The zero-order chi connectivity index (χ0) is 72.1. The SMILES string of the molecule is C[C@@H]1[C@@H]2CN(C(=O)[C@H](C(C)(C)C)CC(=O)O[C@@H]3C[C@@H]4C[C@@H]4[C@H]3CCCCCc3nc4ccc(Cl)cc4nc3O2)[C@@H]1C(=O)C[C@]1(C(=O)NS(=O)(=O)C2CC2)C[C@H]1C(F)F.C[C@@H]1[C@@H]2CN(C(=O)[C@H](C(C)(C)C)CC(=O)O[C@@H]3C[C@@H]4C[C@@H]4[C@H]3CCCCCc3nc4ccc(Cl)cc4nc3O2)[C@@H]1C(=O)O. The van der Waals surface area contributed by atoms with Gasteiger partial charge in [0, 0.05) is 34.2 Å². The highest BCUT2D eigenvalue weighted by Crippen LogP contribution is 2.61. The molecule has 0 unspecified atom stereocenters. The van der Waals surface area contributed by atoms with Crippen LogP contribution < -0.4 is 14.2 Å². The van der Waals surface area contributed by atoms with Crippen LogP contribution >= 0.6 is 23.2 Å². The van der Waals surface area contributed by atoms with E-state index in [2.05, 4.69) is 0 Å². The van der Waals surface area contributed by atoms with E-state index >= 15 is 0 Å². The van der Waals surface area contributed by atoms with Crippen LogP contribution in [0.1, 0.15) is 182 Å². The molecule has 101 heavy (non-hydrogen) atoms. The molecule has 2 saturated heterocycles. The number of aryl methyl sites for hydroxylation is 2. The minimum absolute atomic E-state index is 0.0708. The molecular formula is C75H95Cl2F2N7O14S. The summed E-state index contributed by atoms with van der Waals surface area (Å²) in [5.74, 6) is -5.50. The van der Waals surface area contributed by atoms with Gasteiger partial charge in [-0.05, 0) is 166 Å². The maximum absolute atomic E-state index is 14.9. The van der Waals surface area contributed by atoms with E-state index in [1.807, 2.05) is 52.3 Å². The number of ketones is 1. The van der Waals surface area contributed by atoms with Crippen LogP contribution in [0.2, 0.25) is 10.0 Å². The number of aromatic nitrogens is 4. The Morgan fingerprint density at radius 3 is 1.50 bits per heavy atom. The first-order valence-corrected chi connectivity index (χ1v) is 38.9. The third-order valence-electron chi connectivity index (χ3n) is 24.1. The monoisotopic (exact) mass is 1460 g/mol. The van der Waals surface area contributed by atoms with Gasteiger partial charge in [-0.1, -0.05) is 104 Å². The molecule has 0 spiro atoms. The van der Waals surface area contributed by atoms with Crippen LogP contribution in [-0.2, 0) is 65.9 Å². The molecule has 6 saturated carbocycles. The molecule has 2 aromatic heterocycles. The molecule has 2 aromatic carbocycles. The van der Waals surface area contributed by atoms with Gasteiger partial charge in [0.25, 0.3) is 0 Å². The number of carbonyl (C=O) groups excluding carboxylic acids is 6. The number of hydrogen-bond donors (Lipinski definition) is 2. The number of benzene rings is 2. The van der Waals surface area contributed by atoms with E-state index in [1.54, 1.807) is 44.2 Å². The van der Waals surface area contributed by atoms with Gasteiger partial charge in [0.15, 0.2) is 5.78 Å². The third kappa shape index (κ3) is 15.4. The molecule has 2 N–H and O–H groups in total. The second kappa shape index (κ2) is 28.2. The van der Waals surface area contributed by atoms with Gasteiger partial charge in [0.05, 0.1) is 76.5 Å². The maximum Gasteiger partial charge on any atom is 0.326 e. The van der Waals surface area contributed by atoms with E-state index in [1.165, 1.54) is 16.2 Å². The molecule has 4 aliphatic heterocycles. The number of carbonyl (C=O) groups is 7. The van der Waals surface area contributed by atoms with Crippen LogP contribution in [0.3, 0.4) is 0 Å². The van der Waals surface area contributed by atoms with Crippen molar-refractivity contribution in [3.8, 4) is 11.8 Å². The number of ether oxygens (including phenoxy) is 4. The Hall–Kier alpha value is -6.40. The van der Waals surface area contributed by atoms with E-state index < -0.39 is 128 Å². The standard InChI is InChI=1S/C42H53ClF2N4O8S.C33H42ClN3O6/c1-21-34-20-49(36(21)32(50)19-42(18-28(42)37(44)45)40(53)48-58(54,55)24-11-12-24)39(52)27(41(2,3)4)17-35(51)56-33-15-22-14-26(22)25(33)8-6-5-7-9-30-38(57-34)47-31-16-23(43)10-13-29(31)46-30;1-17-27-16-37(29(17)32(40)41)31(39)22(33(2,3)4)15-28(38)42-26-13-18-12-21(18)20(26)8-6-5-7-9-24-30(43-27)36-25-14-19(34)10-11-23(25)35-24/h10,13,16,21-22,24-28,33-34,36-37H,5-9,11-12,14-15,17-20H2,1-4H3,(H,48,53);10-11,14,17-18,20-22,26-27,29H,5-9,12-13,15-16H2,1-4H3,(H,40,41)/t21-,22+,25-,26+,27-,28+,33-,34+,36+,42-;17-,18+,20-,21+,22-,26-,27+,29+/m11/s1. The number of aliphatic carboxylic acids is 1. The zero-order valence-corrected chi connectivity index (χ0v) is 61.2. The van der Waals surface area contributed by atoms with Crippen LogP contribution in [0.4, 0.5) is 8.78 Å². The number of fused-ring (bicyclic) bond motifs is 14. The zero-order valence-electron chi connectivity index (χ0n) is 58.8. The van der Waals surface area contributed by atoms with Crippen molar-refractivity contribution < 1.29 is 74.8 Å². The van der Waals surface area contributed by atoms with Crippen LogP contribution in [0, 0.1) is 81.3 Å². The van der Waals surface area contributed by atoms with E-state index in [-0.39, 0.29) is 68.2 Å². The summed E-state index contributed by atoms with van der Waals surface area (Å²) in [7, 11) is -4.09. The van der Waals surface area contributed by atoms with E-state index in [0.717, 1.165) is 81.8 Å². The van der Waals surface area contributed by atoms with Crippen molar-refractivity contribution in [2.45, 2.75) is 232 Å². The number of nitrogens with one attached hydrogen (secondary N) is 1. The second-order valence-corrected chi connectivity index (χ2v) is 36.0.